The molecule has 0 aliphatic carbocycles. The van der Waals surface area contributed by atoms with E-state index in [9.17, 15) is 9.18 Å². The van der Waals surface area contributed by atoms with E-state index in [1.165, 1.54) is 18.3 Å². The van der Waals surface area contributed by atoms with E-state index in [-0.39, 0.29) is 17.8 Å². The molecule has 0 aliphatic rings. The molecule has 3 aromatic rings. The van der Waals surface area contributed by atoms with Gasteiger partial charge in [-0.15, -0.1) is 0 Å². The van der Waals surface area contributed by atoms with Crippen LogP contribution >= 0.6 is 0 Å². The van der Waals surface area contributed by atoms with Crippen LogP contribution in [0.3, 0.4) is 0 Å². The topological polar surface area (TPSA) is 55.1 Å². The van der Waals surface area contributed by atoms with Crippen molar-refractivity contribution in [2.45, 2.75) is 13.0 Å². The van der Waals surface area contributed by atoms with Crippen molar-refractivity contribution >= 4 is 5.91 Å². The largest absolute Gasteiger partial charge is 0.355 e. The van der Waals surface area contributed by atoms with Gasteiger partial charge in [0.25, 0.3) is 5.91 Å². The van der Waals surface area contributed by atoms with E-state index in [2.05, 4.69) is 10.5 Å². The van der Waals surface area contributed by atoms with Gasteiger partial charge in [-0.3, -0.25) is 4.79 Å². The Labute approximate surface area is 132 Å². The number of amides is 1. The molecular weight excluding hydrogens is 295 g/mol. The van der Waals surface area contributed by atoms with Gasteiger partial charge in [0.2, 0.25) is 0 Å². The lowest BCUT2D eigenvalue weighted by Gasteiger charge is -2.13. The molecule has 0 spiro atoms. The molecule has 0 aliphatic heterocycles. The predicted octanol–water partition coefficient (Wildman–Crippen LogP) is 3.97. The lowest BCUT2D eigenvalue weighted by atomic mass is 10.1. The summed E-state index contributed by atoms with van der Waals surface area (Å²) in [6.07, 6.45) is 1.37. The zero-order chi connectivity index (χ0) is 16.2. The molecule has 1 atom stereocenters. The fourth-order valence-corrected chi connectivity index (χ4v) is 2.31. The van der Waals surface area contributed by atoms with E-state index < -0.39 is 0 Å². The third-order valence-corrected chi connectivity index (χ3v) is 3.57. The number of carbonyl (C=O) groups is 1. The highest BCUT2D eigenvalue weighted by atomic mass is 19.1. The van der Waals surface area contributed by atoms with E-state index >= 15 is 0 Å². The first-order valence-electron chi connectivity index (χ1n) is 7.21. The molecule has 0 fully saturated rings. The highest BCUT2D eigenvalue weighted by Gasteiger charge is 2.19. The molecule has 23 heavy (non-hydrogen) atoms. The third-order valence-electron chi connectivity index (χ3n) is 3.57. The summed E-state index contributed by atoms with van der Waals surface area (Å²) in [7, 11) is 0. The first-order chi connectivity index (χ1) is 11.1. The van der Waals surface area contributed by atoms with Crippen LogP contribution in [-0.4, -0.2) is 11.1 Å². The fraction of sp³-hybridized carbons (Fsp3) is 0.111. The number of halogens is 1. The number of rotatable bonds is 4. The highest BCUT2D eigenvalue weighted by molar-refractivity contribution is 5.99. The maximum Gasteiger partial charge on any atom is 0.257 e. The van der Waals surface area contributed by atoms with Crippen molar-refractivity contribution in [2.24, 2.45) is 0 Å². The summed E-state index contributed by atoms with van der Waals surface area (Å²) < 4.78 is 18.2. The number of carbonyl (C=O) groups excluding carboxylic acids is 1. The fourth-order valence-electron chi connectivity index (χ4n) is 2.31. The van der Waals surface area contributed by atoms with Crippen molar-refractivity contribution in [1.82, 2.24) is 10.5 Å². The second kappa shape index (κ2) is 6.44. The second-order valence-corrected chi connectivity index (χ2v) is 5.18. The summed E-state index contributed by atoms with van der Waals surface area (Å²) in [5, 5.41) is 6.60. The zero-order valence-corrected chi connectivity index (χ0v) is 12.5. The molecule has 1 heterocycles. The van der Waals surface area contributed by atoms with E-state index in [1.54, 1.807) is 12.1 Å². The number of aromatic nitrogens is 1. The monoisotopic (exact) mass is 310 g/mol. The van der Waals surface area contributed by atoms with Crippen LogP contribution < -0.4 is 5.32 Å². The van der Waals surface area contributed by atoms with Gasteiger partial charge in [0.1, 0.15) is 11.4 Å². The molecule has 116 valence electrons. The Morgan fingerprint density at radius 3 is 2.52 bits per heavy atom. The van der Waals surface area contributed by atoms with Gasteiger partial charge in [0.15, 0.2) is 5.76 Å². The van der Waals surface area contributed by atoms with E-state index in [0.29, 0.717) is 16.9 Å². The molecule has 0 radical (unpaired) electrons. The summed E-state index contributed by atoms with van der Waals surface area (Å²) in [6.45, 7) is 1.90. The summed E-state index contributed by atoms with van der Waals surface area (Å²) in [4.78, 5) is 12.5. The summed E-state index contributed by atoms with van der Waals surface area (Å²) >= 11 is 0. The number of nitrogens with one attached hydrogen (secondary N) is 1. The van der Waals surface area contributed by atoms with Gasteiger partial charge in [-0.2, -0.15) is 0 Å². The smallest absolute Gasteiger partial charge is 0.257 e. The van der Waals surface area contributed by atoms with Crippen LogP contribution in [0, 0.1) is 5.82 Å². The van der Waals surface area contributed by atoms with Gasteiger partial charge in [0, 0.05) is 5.56 Å². The van der Waals surface area contributed by atoms with Crippen molar-refractivity contribution in [2.75, 3.05) is 0 Å². The Kier molecular flexibility index (Phi) is 4.19. The van der Waals surface area contributed by atoms with Gasteiger partial charge < -0.3 is 9.84 Å². The third kappa shape index (κ3) is 3.29. The number of nitrogens with zero attached hydrogens (tertiary/aromatic N) is 1. The summed E-state index contributed by atoms with van der Waals surface area (Å²) in [6, 6.07) is 15.2. The molecule has 1 amide bonds. The summed E-state index contributed by atoms with van der Waals surface area (Å²) in [5.41, 5.74) is 1.92. The molecule has 0 bridgehead atoms. The van der Waals surface area contributed by atoms with E-state index in [1.807, 2.05) is 37.3 Å². The number of hydrogen-bond acceptors (Lipinski definition) is 3. The van der Waals surface area contributed by atoms with Crippen LogP contribution in [0.5, 0.6) is 0 Å². The molecule has 3 rings (SSSR count). The molecule has 5 heteroatoms. The highest BCUT2D eigenvalue weighted by Crippen LogP contribution is 2.24. The second-order valence-electron chi connectivity index (χ2n) is 5.18. The minimum absolute atomic E-state index is 0.153. The van der Waals surface area contributed by atoms with Crippen molar-refractivity contribution in [3.63, 3.8) is 0 Å². The van der Waals surface area contributed by atoms with Crippen molar-refractivity contribution in [3.05, 3.63) is 77.7 Å². The van der Waals surface area contributed by atoms with Crippen LogP contribution in [0.2, 0.25) is 0 Å². The Bertz CT molecular complexity index is 797. The molecule has 1 unspecified atom stereocenters. The van der Waals surface area contributed by atoms with E-state index in [4.69, 9.17) is 4.52 Å². The molecule has 4 nitrogen and oxygen atoms in total. The van der Waals surface area contributed by atoms with Crippen molar-refractivity contribution in [1.29, 1.82) is 0 Å². The van der Waals surface area contributed by atoms with Crippen LogP contribution in [0.15, 0.2) is 65.3 Å². The lowest BCUT2D eigenvalue weighted by molar-refractivity contribution is 0.0940. The first-order valence-corrected chi connectivity index (χ1v) is 7.21. The van der Waals surface area contributed by atoms with Crippen LogP contribution in [-0.2, 0) is 0 Å². The Morgan fingerprint density at radius 2 is 1.83 bits per heavy atom. The zero-order valence-electron chi connectivity index (χ0n) is 12.5. The van der Waals surface area contributed by atoms with Crippen LogP contribution in [0.25, 0.3) is 11.3 Å². The molecule has 0 saturated heterocycles. The minimum atomic E-state index is -0.350. The normalized spacial score (nSPS) is 11.9. The van der Waals surface area contributed by atoms with Gasteiger partial charge in [0.05, 0.1) is 12.2 Å². The SMILES string of the molecule is CC(NC(=O)c1cnoc1-c1ccc(F)cc1)c1ccccc1. The maximum absolute atomic E-state index is 13.0. The van der Waals surface area contributed by atoms with Gasteiger partial charge in [-0.1, -0.05) is 35.5 Å². The Balaban J connectivity index is 1.81. The standard InChI is InChI=1S/C18H15FN2O2/c1-12(13-5-3-2-4-6-13)21-18(22)16-11-20-23-17(16)14-7-9-15(19)10-8-14/h2-12H,1H3,(H,21,22). The quantitative estimate of drug-likeness (QED) is 0.793. The van der Waals surface area contributed by atoms with Gasteiger partial charge in [-0.25, -0.2) is 4.39 Å². The van der Waals surface area contributed by atoms with Crippen molar-refractivity contribution in [3.8, 4) is 11.3 Å². The predicted molar refractivity (Wildman–Crippen MR) is 84.2 cm³/mol. The average molecular weight is 310 g/mol. The molecule has 0 saturated carbocycles. The maximum atomic E-state index is 13.0. The lowest BCUT2D eigenvalue weighted by Crippen LogP contribution is -2.26. The Hall–Kier alpha value is -2.95. The molecule has 1 aromatic heterocycles. The minimum Gasteiger partial charge on any atom is -0.355 e. The molecule has 1 N–H and O–H groups in total. The van der Waals surface area contributed by atoms with Crippen LogP contribution in [0.1, 0.15) is 28.9 Å². The van der Waals surface area contributed by atoms with E-state index in [0.717, 1.165) is 5.56 Å². The molecule has 2 aromatic carbocycles. The Morgan fingerprint density at radius 1 is 1.13 bits per heavy atom. The molecular formula is C18H15FN2O2. The average Bonchev–Trinajstić information content (AvgIpc) is 3.06. The number of benzene rings is 2. The number of hydrogen-bond donors (Lipinski definition) is 1. The van der Waals surface area contributed by atoms with Crippen molar-refractivity contribution < 1.29 is 13.7 Å². The van der Waals surface area contributed by atoms with Crippen LogP contribution in [0.4, 0.5) is 4.39 Å². The first kappa shape index (κ1) is 15.0. The summed E-state index contributed by atoms with van der Waals surface area (Å²) in [5.74, 6) is -0.318. The van der Waals surface area contributed by atoms with Gasteiger partial charge >= 0.3 is 0 Å². The van der Waals surface area contributed by atoms with Gasteiger partial charge in [-0.05, 0) is 36.8 Å².